The van der Waals surface area contributed by atoms with Crippen LogP contribution in [0.1, 0.15) is 32.3 Å². The van der Waals surface area contributed by atoms with E-state index in [1.807, 2.05) is 45.0 Å². The third-order valence-corrected chi connectivity index (χ3v) is 3.69. The maximum absolute atomic E-state index is 11.9. The summed E-state index contributed by atoms with van der Waals surface area (Å²) in [6.07, 6.45) is 1.58. The second kappa shape index (κ2) is 8.22. The highest BCUT2D eigenvalue weighted by atomic mass is 16.5. The molecule has 0 spiro atoms. The summed E-state index contributed by atoms with van der Waals surface area (Å²) in [5.41, 5.74) is 2.71. The number of rotatable bonds is 6. The van der Waals surface area contributed by atoms with E-state index in [0.717, 1.165) is 18.5 Å². The van der Waals surface area contributed by atoms with Gasteiger partial charge in [-0.25, -0.2) is 0 Å². The van der Waals surface area contributed by atoms with Crippen LogP contribution in [0.3, 0.4) is 0 Å². The number of nitrogens with zero attached hydrogens (tertiary/aromatic N) is 2. The number of esters is 1. The maximum atomic E-state index is 11.9. The third-order valence-electron chi connectivity index (χ3n) is 3.69. The van der Waals surface area contributed by atoms with E-state index < -0.39 is 0 Å². The van der Waals surface area contributed by atoms with E-state index in [9.17, 15) is 4.79 Å². The molecule has 120 valence electrons. The van der Waals surface area contributed by atoms with Crippen LogP contribution < -0.4 is 4.74 Å². The zero-order valence-corrected chi connectivity index (χ0v) is 13.8. The molecular weight excluding hydrogens is 288 g/mol. The molecule has 0 aliphatic rings. The van der Waals surface area contributed by atoms with E-state index in [1.165, 1.54) is 5.56 Å². The molecule has 23 heavy (non-hydrogen) atoms. The van der Waals surface area contributed by atoms with Crippen molar-refractivity contribution in [2.24, 2.45) is 16.1 Å². The number of carbonyl (C=O) groups excluding carboxylic acids is 1. The van der Waals surface area contributed by atoms with E-state index in [-0.39, 0.29) is 11.9 Å². The molecule has 0 saturated heterocycles. The second-order valence-corrected chi connectivity index (χ2v) is 5.46. The fourth-order valence-corrected chi connectivity index (χ4v) is 2.13. The van der Waals surface area contributed by atoms with Crippen LogP contribution in [-0.4, -0.2) is 5.97 Å². The average molecular weight is 310 g/mol. The summed E-state index contributed by atoms with van der Waals surface area (Å²) >= 11 is 0. The predicted molar refractivity (Wildman–Crippen MR) is 91.5 cm³/mol. The van der Waals surface area contributed by atoms with Gasteiger partial charge in [-0.1, -0.05) is 31.5 Å². The van der Waals surface area contributed by atoms with Gasteiger partial charge in [-0.3, -0.25) is 4.79 Å². The van der Waals surface area contributed by atoms with E-state index in [0.29, 0.717) is 11.4 Å². The summed E-state index contributed by atoms with van der Waals surface area (Å²) in [5, 5.41) is 8.36. The Hall–Kier alpha value is -2.49. The number of benzene rings is 2. The Morgan fingerprint density at radius 3 is 1.87 bits per heavy atom. The van der Waals surface area contributed by atoms with Crippen LogP contribution in [0.15, 0.2) is 58.8 Å². The van der Waals surface area contributed by atoms with Crippen LogP contribution >= 0.6 is 0 Å². The highest BCUT2D eigenvalue weighted by molar-refractivity contribution is 5.75. The minimum absolute atomic E-state index is 0.0455. The molecule has 0 radical (unpaired) electrons. The zero-order valence-electron chi connectivity index (χ0n) is 13.8. The highest BCUT2D eigenvalue weighted by Crippen LogP contribution is 2.22. The van der Waals surface area contributed by atoms with Gasteiger partial charge in [0.1, 0.15) is 5.75 Å². The first-order chi connectivity index (χ1) is 11.1. The number of hydrogen-bond acceptors (Lipinski definition) is 4. The molecule has 0 saturated carbocycles. The van der Waals surface area contributed by atoms with Gasteiger partial charge in [-0.15, -0.1) is 0 Å². The summed E-state index contributed by atoms with van der Waals surface area (Å²) in [6.45, 7) is 6.01. The number of ether oxygens (including phenoxy) is 1. The number of aryl methyl sites for hydroxylation is 1. The molecule has 0 unspecified atom stereocenters. The summed E-state index contributed by atoms with van der Waals surface area (Å²) in [4.78, 5) is 11.9. The SMILES string of the molecule is CCC(CC)C(=O)Oc1ccc(/N=N/c2ccc(C)cc2)cc1. The molecule has 2 rings (SSSR count). The Morgan fingerprint density at radius 1 is 0.913 bits per heavy atom. The summed E-state index contributed by atoms with van der Waals surface area (Å²) in [7, 11) is 0. The first-order valence-corrected chi connectivity index (χ1v) is 7.92. The van der Waals surface area contributed by atoms with Crippen LogP contribution in [-0.2, 0) is 4.79 Å². The Kier molecular flexibility index (Phi) is 6.03. The van der Waals surface area contributed by atoms with E-state index in [4.69, 9.17) is 4.74 Å². The van der Waals surface area contributed by atoms with Gasteiger partial charge in [0.05, 0.1) is 17.3 Å². The maximum Gasteiger partial charge on any atom is 0.314 e. The Labute approximate surface area is 137 Å². The average Bonchev–Trinajstić information content (AvgIpc) is 2.57. The highest BCUT2D eigenvalue weighted by Gasteiger charge is 2.16. The molecule has 0 aliphatic carbocycles. The monoisotopic (exact) mass is 310 g/mol. The summed E-state index contributed by atoms with van der Waals surface area (Å²) in [6, 6.07) is 14.9. The summed E-state index contributed by atoms with van der Waals surface area (Å²) < 4.78 is 5.38. The van der Waals surface area contributed by atoms with Gasteiger partial charge >= 0.3 is 5.97 Å². The van der Waals surface area contributed by atoms with Crippen LogP contribution in [0.25, 0.3) is 0 Å². The number of hydrogen-bond donors (Lipinski definition) is 0. The standard InChI is InChI=1S/C19H22N2O2/c1-4-15(5-2)19(22)23-18-12-10-17(11-13-18)21-20-16-8-6-14(3)7-9-16/h6-13,15H,4-5H2,1-3H3/b21-20+. The van der Waals surface area contributed by atoms with Crippen molar-refractivity contribution in [1.82, 2.24) is 0 Å². The topological polar surface area (TPSA) is 51.0 Å². The zero-order chi connectivity index (χ0) is 16.7. The van der Waals surface area contributed by atoms with Crippen LogP contribution in [0.4, 0.5) is 11.4 Å². The lowest BCUT2D eigenvalue weighted by atomic mass is 10.0. The smallest absolute Gasteiger partial charge is 0.314 e. The molecule has 0 fully saturated rings. The number of carbonyl (C=O) groups is 1. The molecule has 0 atom stereocenters. The molecule has 4 nitrogen and oxygen atoms in total. The molecule has 2 aromatic rings. The van der Waals surface area contributed by atoms with Crippen molar-refractivity contribution in [3.63, 3.8) is 0 Å². The molecule has 0 bridgehead atoms. The van der Waals surface area contributed by atoms with Crippen LogP contribution in [0.2, 0.25) is 0 Å². The largest absolute Gasteiger partial charge is 0.426 e. The molecule has 0 aliphatic heterocycles. The van der Waals surface area contributed by atoms with Crippen molar-refractivity contribution >= 4 is 17.3 Å². The van der Waals surface area contributed by atoms with Crippen molar-refractivity contribution in [3.05, 3.63) is 54.1 Å². The quantitative estimate of drug-likeness (QED) is 0.387. The molecule has 0 amide bonds. The first kappa shape index (κ1) is 16.9. The summed E-state index contributed by atoms with van der Waals surface area (Å²) in [5.74, 6) is 0.316. The molecular formula is C19H22N2O2. The number of azo groups is 1. The van der Waals surface area contributed by atoms with Gasteiger partial charge in [0.25, 0.3) is 0 Å². The van der Waals surface area contributed by atoms with Gasteiger partial charge in [-0.05, 0) is 56.2 Å². The Morgan fingerprint density at radius 2 is 1.39 bits per heavy atom. The van der Waals surface area contributed by atoms with Gasteiger partial charge in [0, 0.05) is 0 Å². The van der Waals surface area contributed by atoms with Gasteiger partial charge in [-0.2, -0.15) is 10.2 Å². The Balaban J connectivity index is 1.99. The lowest BCUT2D eigenvalue weighted by Gasteiger charge is -2.11. The van der Waals surface area contributed by atoms with Crippen molar-refractivity contribution in [2.75, 3.05) is 0 Å². The molecule has 2 aromatic carbocycles. The Bertz CT molecular complexity index is 657. The van der Waals surface area contributed by atoms with Crippen molar-refractivity contribution in [3.8, 4) is 5.75 Å². The second-order valence-electron chi connectivity index (χ2n) is 5.46. The van der Waals surface area contributed by atoms with Crippen molar-refractivity contribution in [1.29, 1.82) is 0 Å². The molecule has 0 aromatic heterocycles. The minimum atomic E-state index is -0.177. The van der Waals surface area contributed by atoms with Crippen molar-refractivity contribution in [2.45, 2.75) is 33.6 Å². The van der Waals surface area contributed by atoms with Crippen LogP contribution in [0, 0.1) is 12.8 Å². The normalized spacial score (nSPS) is 11.1. The van der Waals surface area contributed by atoms with E-state index in [1.54, 1.807) is 24.3 Å². The fourth-order valence-electron chi connectivity index (χ4n) is 2.13. The van der Waals surface area contributed by atoms with Crippen LogP contribution in [0.5, 0.6) is 5.75 Å². The van der Waals surface area contributed by atoms with Gasteiger partial charge in [0.2, 0.25) is 0 Å². The predicted octanol–water partition coefficient (Wildman–Crippen LogP) is 5.75. The molecule has 0 heterocycles. The lowest BCUT2D eigenvalue weighted by Crippen LogP contribution is -2.19. The van der Waals surface area contributed by atoms with Gasteiger partial charge in [0.15, 0.2) is 0 Å². The van der Waals surface area contributed by atoms with E-state index >= 15 is 0 Å². The lowest BCUT2D eigenvalue weighted by molar-refractivity contribution is -0.139. The molecule has 0 N–H and O–H groups in total. The van der Waals surface area contributed by atoms with E-state index in [2.05, 4.69) is 10.2 Å². The fraction of sp³-hybridized carbons (Fsp3) is 0.316. The van der Waals surface area contributed by atoms with Gasteiger partial charge < -0.3 is 4.74 Å². The third kappa shape index (κ3) is 5.02. The van der Waals surface area contributed by atoms with Crippen molar-refractivity contribution < 1.29 is 9.53 Å². The molecule has 4 heteroatoms. The first-order valence-electron chi connectivity index (χ1n) is 7.92. The minimum Gasteiger partial charge on any atom is -0.426 e.